The summed E-state index contributed by atoms with van der Waals surface area (Å²) in [5, 5.41) is 3.37. The number of hydrogen-bond donors (Lipinski definition) is 0. The highest BCUT2D eigenvalue weighted by Crippen LogP contribution is 2.32. The van der Waals surface area contributed by atoms with Crippen LogP contribution in [0.15, 0.2) is 16.7 Å². The van der Waals surface area contributed by atoms with Crippen LogP contribution in [0, 0.1) is 5.92 Å². The van der Waals surface area contributed by atoms with Crippen molar-refractivity contribution < 1.29 is 27.2 Å². The Kier molecular flexibility index (Phi) is 5.09. The van der Waals surface area contributed by atoms with Gasteiger partial charge in [-0.3, -0.25) is 4.79 Å². The zero-order valence-electron chi connectivity index (χ0n) is 13.4. The Hall–Kier alpha value is -1.94. The molecule has 0 saturated carbocycles. The summed E-state index contributed by atoms with van der Waals surface area (Å²) in [7, 11) is 0. The topological polar surface area (TPSA) is 68.5 Å². The molecule has 1 saturated heterocycles. The summed E-state index contributed by atoms with van der Waals surface area (Å²) in [4.78, 5) is 18.8. The Balaban J connectivity index is 1.70. The molecule has 1 aliphatic rings. The first-order chi connectivity index (χ1) is 11.9. The Morgan fingerprint density at radius 3 is 2.84 bits per heavy atom. The first kappa shape index (κ1) is 17.9. The van der Waals surface area contributed by atoms with E-state index in [-0.39, 0.29) is 17.6 Å². The average Bonchev–Trinajstić information content (AvgIpc) is 3.32. The van der Waals surface area contributed by atoms with Gasteiger partial charge in [-0.05, 0) is 25.5 Å². The molecule has 3 rings (SSSR count). The predicted molar refractivity (Wildman–Crippen MR) is 82.6 cm³/mol. The number of ether oxygens (including phenoxy) is 1. The lowest BCUT2D eigenvalue weighted by Crippen LogP contribution is -2.35. The molecule has 6 nitrogen and oxygen atoms in total. The Morgan fingerprint density at radius 1 is 1.44 bits per heavy atom. The van der Waals surface area contributed by atoms with Crippen LogP contribution in [-0.2, 0) is 22.3 Å². The lowest BCUT2D eigenvalue weighted by atomic mass is 10.1. The van der Waals surface area contributed by atoms with Crippen LogP contribution >= 0.6 is 11.3 Å². The van der Waals surface area contributed by atoms with Gasteiger partial charge in [-0.1, -0.05) is 5.16 Å². The van der Waals surface area contributed by atoms with E-state index in [0.29, 0.717) is 37.6 Å². The summed E-state index contributed by atoms with van der Waals surface area (Å²) >= 11 is 1.24. The molecule has 1 fully saturated rings. The molecule has 25 heavy (non-hydrogen) atoms. The molecule has 1 unspecified atom stereocenters. The fourth-order valence-electron chi connectivity index (χ4n) is 2.54. The van der Waals surface area contributed by atoms with E-state index in [9.17, 15) is 18.0 Å². The van der Waals surface area contributed by atoms with Gasteiger partial charge in [-0.25, -0.2) is 0 Å². The van der Waals surface area contributed by atoms with Crippen molar-refractivity contribution in [1.29, 1.82) is 0 Å². The minimum absolute atomic E-state index is 0.0360. The number of carbonyl (C=O) groups is 1. The number of halogens is 3. The minimum Gasteiger partial charge on any atom is -0.381 e. The van der Waals surface area contributed by atoms with E-state index in [1.807, 2.05) is 6.92 Å². The molecule has 2 aromatic rings. The highest BCUT2D eigenvalue weighted by molar-refractivity contribution is 7.15. The molecule has 0 aliphatic carbocycles. The van der Waals surface area contributed by atoms with E-state index in [4.69, 9.17) is 4.74 Å². The number of rotatable bonds is 5. The van der Waals surface area contributed by atoms with E-state index in [2.05, 4.69) is 14.7 Å². The second-order valence-corrected chi connectivity index (χ2v) is 6.77. The number of amides is 1. The maximum absolute atomic E-state index is 12.5. The molecule has 10 heteroatoms. The summed E-state index contributed by atoms with van der Waals surface area (Å²) in [5.41, 5.74) is 0. The van der Waals surface area contributed by atoms with Gasteiger partial charge in [0.05, 0.1) is 23.9 Å². The molecular weight excluding hydrogens is 359 g/mol. The quantitative estimate of drug-likeness (QED) is 0.803. The van der Waals surface area contributed by atoms with Gasteiger partial charge in [0.2, 0.25) is 11.7 Å². The van der Waals surface area contributed by atoms with E-state index in [0.717, 1.165) is 4.88 Å². The third-order valence-electron chi connectivity index (χ3n) is 3.87. The van der Waals surface area contributed by atoms with Crippen molar-refractivity contribution in [3.8, 4) is 10.7 Å². The summed E-state index contributed by atoms with van der Waals surface area (Å²) in [6, 6.07) is 3.38. The van der Waals surface area contributed by atoms with Crippen molar-refractivity contribution in [1.82, 2.24) is 15.0 Å². The Morgan fingerprint density at radius 2 is 2.24 bits per heavy atom. The van der Waals surface area contributed by atoms with Crippen LogP contribution in [0.2, 0.25) is 0 Å². The zero-order valence-corrected chi connectivity index (χ0v) is 14.2. The van der Waals surface area contributed by atoms with Gasteiger partial charge in [0.1, 0.15) is 0 Å². The third kappa shape index (κ3) is 4.01. The fourth-order valence-corrected chi connectivity index (χ4v) is 3.49. The van der Waals surface area contributed by atoms with E-state index >= 15 is 0 Å². The lowest BCUT2D eigenvalue weighted by molar-refractivity contribution is -0.159. The number of alkyl halides is 3. The van der Waals surface area contributed by atoms with E-state index < -0.39 is 12.1 Å². The second kappa shape index (κ2) is 7.12. The van der Waals surface area contributed by atoms with Crippen LogP contribution in [-0.4, -0.2) is 40.7 Å². The number of thiophene rings is 1. The molecule has 3 heterocycles. The van der Waals surface area contributed by atoms with Crippen LogP contribution in [0.4, 0.5) is 13.2 Å². The third-order valence-corrected chi connectivity index (χ3v) is 4.94. The van der Waals surface area contributed by atoms with Crippen molar-refractivity contribution in [3.63, 3.8) is 0 Å². The Bertz CT molecular complexity index is 738. The van der Waals surface area contributed by atoms with Gasteiger partial charge < -0.3 is 14.2 Å². The number of aromatic nitrogens is 2. The molecule has 0 aromatic carbocycles. The van der Waals surface area contributed by atoms with Crippen molar-refractivity contribution in [2.75, 3.05) is 19.8 Å². The van der Waals surface area contributed by atoms with Crippen LogP contribution in [0.25, 0.3) is 10.7 Å². The molecule has 1 aliphatic heterocycles. The van der Waals surface area contributed by atoms with Gasteiger partial charge in [0.15, 0.2) is 0 Å². The maximum atomic E-state index is 12.5. The average molecular weight is 375 g/mol. The molecule has 1 atom stereocenters. The smallest absolute Gasteiger partial charge is 0.381 e. The Labute approximate surface area is 145 Å². The minimum atomic E-state index is -4.67. The molecule has 0 bridgehead atoms. The molecule has 1 amide bonds. The molecule has 0 N–H and O–H groups in total. The van der Waals surface area contributed by atoms with Crippen LogP contribution < -0.4 is 0 Å². The molecule has 0 spiro atoms. The summed E-state index contributed by atoms with van der Waals surface area (Å²) in [5.74, 6) is -1.56. The molecular formula is C15H16F3N3O3S. The molecule has 2 aromatic heterocycles. The van der Waals surface area contributed by atoms with Crippen LogP contribution in [0.1, 0.15) is 24.1 Å². The predicted octanol–water partition coefficient (Wildman–Crippen LogP) is 3.20. The van der Waals surface area contributed by atoms with Crippen molar-refractivity contribution >= 4 is 17.2 Å². The largest absolute Gasteiger partial charge is 0.471 e. The number of nitrogens with zero attached hydrogens (tertiary/aromatic N) is 3. The van der Waals surface area contributed by atoms with Gasteiger partial charge >= 0.3 is 12.1 Å². The van der Waals surface area contributed by atoms with Gasteiger partial charge in [0, 0.05) is 18.0 Å². The SMILES string of the molecule is CCN(Cc1ccc(-c2noc(C(F)(F)F)n2)s1)C(=O)C1CCOC1. The van der Waals surface area contributed by atoms with Crippen molar-refractivity contribution in [3.05, 3.63) is 22.9 Å². The summed E-state index contributed by atoms with van der Waals surface area (Å²) in [6.45, 7) is 3.85. The first-order valence-electron chi connectivity index (χ1n) is 7.75. The summed E-state index contributed by atoms with van der Waals surface area (Å²) < 4.78 is 47.1. The van der Waals surface area contributed by atoms with Crippen molar-refractivity contribution in [2.45, 2.75) is 26.1 Å². The van der Waals surface area contributed by atoms with Crippen LogP contribution in [0.5, 0.6) is 0 Å². The second-order valence-electron chi connectivity index (χ2n) is 5.60. The van der Waals surface area contributed by atoms with Crippen LogP contribution in [0.3, 0.4) is 0 Å². The van der Waals surface area contributed by atoms with Gasteiger partial charge in [0.25, 0.3) is 0 Å². The maximum Gasteiger partial charge on any atom is 0.471 e. The fraction of sp³-hybridized carbons (Fsp3) is 0.533. The van der Waals surface area contributed by atoms with Crippen molar-refractivity contribution in [2.24, 2.45) is 5.92 Å². The highest BCUT2D eigenvalue weighted by atomic mass is 32.1. The lowest BCUT2D eigenvalue weighted by Gasteiger charge is -2.23. The normalized spacial score (nSPS) is 17.8. The molecule has 0 radical (unpaired) electrons. The van der Waals surface area contributed by atoms with Gasteiger partial charge in [-0.2, -0.15) is 18.2 Å². The zero-order chi connectivity index (χ0) is 18.0. The van der Waals surface area contributed by atoms with Gasteiger partial charge in [-0.15, -0.1) is 11.3 Å². The number of carbonyl (C=O) groups excluding carboxylic acids is 1. The van der Waals surface area contributed by atoms with E-state index in [1.54, 1.807) is 17.0 Å². The van der Waals surface area contributed by atoms with E-state index in [1.165, 1.54) is 11.3 Å². The molecule has 136 valence electrons. The number of hydrogen-bond acceptors (Lipinski definition) is 6. The highest BCUT2D eigenvalue weighted by Gasteiger charge is 2.38. The summed E-state index contributed by atoms with van der Waals surface area (Å²) in [6.07, 6.45) is -3.95. The first-order valence-corrected chi connectivity index (χ1v) is 8.56. The monoisotopic (exact) mass is 375 g/mol. The standard InChI is InChI=1S/C15H16F3N3O3S/c1-2-21(13(22)9-5-6-23-8-9)7-10-3-4-11(25-10)12-19-14(24-20-12)15(16,17)18/h3-4,9H,2,5-8H2,1H3.